The molecule has 0 bridgehead atoms. The summed E-state index contributed by atoms with van der Waals surface area (Å²) in [6.07, 6.45) is 4.02. The topological polar surface area (TPSA) is 55.1 Å². The van der Waals surface area contributed by atoms with Crippen molar-refractivity contribution in [1.82, 2.24) is 0 Å². The number of benzene rings is 1. The second-order valence-electron chi connectivity index (χ2n) is 4.28. The molecule has 3 nitrogen and oxygen atoms in total. The second kappa shape index (κ2) is 4.51. The molecule has 4 heteroatoms. The second-order valence-corrected chi connectivity index (χ2v) is 4.28. The molecule has 0 saturated heterocycles. The first-order valence-electron chi connectivity index (χ1n) is 5.50. The summed E-state index contributed by atoms with van der Waals surface area (Å²) in [5.41, 5.74) is 6.35. The van der Waals surface area contributed by atoms with Gasteiger partial charge in [-0.05, 0) is 37.0 Å². The quantitative estimate of drug-likeness (QED) is 0.772. The molecule has 16 heavy (non-hydrogen) atoms. The summed E-state index contributed by atoms with van der Waals surface area (Å²) in [4.78, 5) is 11.6. The fourth-order valence-corrected chi connectivity index (χ4v) is 1.81. The van der Waals surface area contributed by atoms with Crippen LogP contribution in [-0.2, 0) is 4.79 Å². The number of carbonyl (C=O) groups is 1. The van der Waals surface area contributed by atoms with Gasteiger partial charge in [-0.3, -0.25) is 4.79 Å². The Bertz CT molecular complexity index is 402. The summed E-state index contributed by atoms with van der Waals surface area (Å²) in [7, 11) is 0. The molecule has 0 unspecified atom stereocenters. The molecule has 1 saturated carbocycles. The molecule has 1 amide bonds. The number of nitrogens with two attached hydrogens (primary N) is 1. The minimum atomic E-state index is -0.394. The molecular formula is C12H15FN2O. The molecule has 0 aliphatic heterocycles. The molecule has 86 valence electrons. The lowest BCUT2D eigenvalue weighted by Crippen LogP contribution is -2.21. The number of amides is 1. The number of hydrogen-bond acceptors (Lipinski definition) is 2. The standard InChI is InChI=1S/C12H15FN2O/c13-9-4-5-11(10(14)7-9)15-12(16)6-8-2-1-3-8/h4-5,7-8H,1-3,6,14H2,(H,15,16). The molecule has 3 N–H and O–H groups in total. The van der Waals surface area contributed by atoms with Gasteiger partial charge in [-0.1, -0.05) is 6.42 Å². The molecule has 1 aliphatic rings. The van der Waals surface area contributed by atoms with Gasteiger partial charge < -0.3 is 11.1 Å². The van der Waals surface area contributed by atoms with Crippen LogP contribution in [0, 0.1) is 11.7 Å². The van der Waals surface area contributed by atoms with Crippen LogP contribution in [0.15, 0.2) is 18.2 Å². The van der Waals surface area contributed by atoms with E-state index in [1.807, 2.05) is 0 Å². The van der Waals surface area contributed by atoms with Gasteiger partial charge in [0.05, 0.1) is 11.4 Å². The van der Waals surface area contributed by atoms with Crippen LogP contribution in [0.4, 0.5) is 15.8 Å². The molecule has 1 fully saturated rings. The maximum Gasteiger partial charge on any atom is 0.224 e. The Kier molecular flexibility index (Phi) is 3.08. The molecule has 0 aromatic heterocycles. The van der Waals surface area contributed by atoms with Crippen molar-refractivity contribution in [3.63, 3.8) is 0 Å². The lowest BCUT2D eigenvalue weighted by molar-refractivity contribution is -0.117. The van der Waals surface area contributed by atoms with Crippen molar-refractivity contribution in [2.45, 2.75) is 25.7 Å². The van der Waals surface area contributed by atoms with Crippen molar-refractivity contribution >= 4 is 17.3 Å². The Balaban J connectivity index is 1.94. The Morgan fingerprint density at radius 2 is 2.25 bits per heavy atom. The van der Waals surface area contributed by atoms with Gasteiger partial charge in [0, 0.05) is 6.42 Å². The average molecular weight is 222 g/mol. The third kappa shape index (κ3) is 2.51. The smallest absolute Gasteiger partial charge is 0.224 e. The van der Waals surface area contributed by atoms with Gasteiger partial charge in [-0.25, -0.2) is 4.39 Å². The van der Waals surface area contributed by atoms with E-state index in [0.29, 0.717) is 18.0 Å². The van der Waals surface area contributed by atoms with E-state index in [1.165, 1.54) is 24.6 Å². The molecule has 0 spiro atoms. The van der Waals surface area contributed by atoms with Crippen LogP contribution < -0.4 is 11.1 Å². The SMILES string of the molecule is Nc1cc(F)ccc1NC(=O)CC1CCC1. The van der Waals surface area contributed by atoms with Crippen molar-refractivity contribution in [2.75, 3.05) is 11.1 Å². The van der Waals surface area contributed by atoms with Crippen LogP contribution in [0.25, 0.3) is 0 Å². The van der Waals surface area contributed by atoms with Crippen LogP contribution in [-0.4, -0.2) is 5.91 Å². The number of rotatable bonds is 3. The predicted octanol–water partition coefficient (Wildman–Crippen LogP) is 2.54. The van der Waals surface area contributed by atoms with E-state index >= 15 is 0 Å². The average Bonchev–Trinajstić information content (AvgIpc) is 2.16. The predicted molar refractivity (Wildman–Crippen MR) is 61.4 cm³/mol. The highest BCUT2D eigenvalue weighted by atomic mass is 19.1. The van der Waals surface area contributed by atoms with E-state index in [2.05, 4.69) is 5.32 Å². The number of halogens is 1. The largest absolute Gasteiger partial charge is 0.397 e. The Labute approximate surface area is 93.8 Å². The normalized spacial score (nSPS) is 15.6. The third-order valence-corrected chi connectivity index (χ3v) is 2.99. The van der Waals surface area contributed by atoms with E-state index in [4.69, 9.17) is 5.73 Å². The zero-order valence-corrected chi connectivity index (χ0v) is 9.00. The van der Waals surface area contributed by atoms with Crippen molar-refractivity contribution < 1.29 is 9.18 Å². The summed E-state index contributed by atoms with van der Waals surface area (Å²) < 4.78 is 12.8. The van der Waals surface area contributed by atoms with E-state index in [1.54, 1.807) is 0 Å². The molecule has 1 aromatic rings. The zero-order valence-electron chi connectivity index (χ0n) is 9.00. The third-order valence-electron chi connectivity index (χ3n) is 2.99. The molecule has 0 radical (unpaired) electrons. The van der Waals surface area contributed by atoms with Gasteiger partial charge in [0.1, 0.15) is 5.82 Å². The number of nitrogens with one attached hydrogen (secondary N) is 1. The summed E-state index contributed by atoms with van der Waals surface area (Å²) in [5.74, 6) is 0.0826. The van der Waals surface area contributed by atoms with E-state index < -0.39 is 5.82 Å². The highest BCUT2D eigenvalue weighted by Crippen LogP contribution is 2.30. The molecule has 1 aromatic carbocycles. The monoisotopic (exact) mass is 222 g/mol. The molecule has 2 rings (SSSR count). The first-order valence-corrected chi connectivity index (χ1v) is 5.50. The molecule has 1 aliphatic carbocycles. The van der Waals surface area contributed by atoms with Crippen LogP contribution in [0.3, 0.4) is 0 Å². The van der Waals surface area contributed by atoms with Gasteiger partial charge in [0.2, 0.25) is 5.91 Å². The number of nitrogen functional groups attached to an aromatic ring is 1. The fourth-order valence-electron chi connectivity index (χ4n) is 1.81. The lowest BCUT2D eigenvalue weighted by Gasteiger charge is -2.24. The fraction of sp³-hybridized carbons (Fsp3) is 0.417. The molecule has 0 atom stereocenters. The van der Waals surface area contributed by atoms with Gasteiger partial charge in [0.15, 0.2) is 0 Å². The maximum atomic E-state index is 12.8. The van der Waals surface area contributed by atoms with Gasteiger partial charge >= 0.3 is 0 Å². The molecular weight excluding hydrogens is 207 g/mol. The van der Waals surface area contributed by atoms with Gasteiger partial charge in [-0.2, -0.15) is 0 Å². The summed E-state index contributed by atoms with van der Waals surface area (Å²) in [6.45, 7) is 0. The van der Waals surface area contributed by atoms with E-state index in [0.717, 1.165) is 12.8 Å². The van der Waals surface area contributed by atoms with Crippen LogP contribution in [0.5, 0.6) is 0 Å². The highest BCUT2D eigenvalue weighted by molar-refractivity contribution is 5.93. The van der Waals surface area contributed by atoms with E-state index in [9.17, 15) is 9.18 Å². The van der Waals surface area contributed by atoms with Crippen LogP contribution in [0.2, 0.25) is 0 Å². The first kappa shape index (κ1) is 10.9. The highest BCUT2D eigenvalue weighted by Gasteiger charge is 2.20. The zero-order chi connectivity index (χ0) is 11.5. The van der Waals surface area contributed by atoms with Crippen LogP contribution >= 0.6 is 0 Å². The Morgan fingerprint density at radius 1 is 1.50 bits per heavy atom. The number of hydrogen-bond donors (Lipinski definition) is 2. The van der Waals surface area contributed by atoms with Crippen molar-refractivity contribution in [2.24, 2.45) is 5.92 Å². The minimum absolute atomic E-state index is 0.0389. The Hall–Kier alpha value is -1.58. The summed E-state index contributed by atoms with van der Waals surface area (Å²) in [5, 5.41) is 2.71. The maximum absolute atomic E-state index is 12.8. The van der Waals surface area contributed by atoms with Crippen molar-refractivity contribution in [3.05, 3.63) is 24.0 Å². The minimum Gasteiger partial charge on any atom is -0.397 e. The summed E-state index contributed by atoms with van der Waals surface area (Å²) in [6, 6.07) is 3.98. The summed E-state index contributed by atoms with van der Waals surface area (Å²) >= 11 is 0. The van der Waals surface area contributed by atoms with Crippen molar-refractivity contribution in [1.29, 1.82) is 0 Å². The van der Waals surface area contributed by atoms with Gasteiger partial charge in [-0.15, -0.1) is 0 Å². The van der Waals surface area contributed by atoms with Gasteiger partial charge in [0.25, 0.3) is 0 Å². The first-order chi connectivity index (χ1) is 7.65. The Morgan fingerprint density at radius 3 is 2.81 bits per heavy atom. The lowest BCUT2D eigenvalue weighted by atomic mass is 9.83. The van der Waals surface area contributed by atoms with E-state index in [-0.39, 0.29) is 11.6 Å². The van der Waals surface area contributed by atoms with Crippen molar-refractivity contribution in [3.8, 4) is 0 Å². The number of anilines is 2. The molecule has 0 heterocycles. The van der Waals surface area contributed by atoms with Crippen LogP contribution in [0.1, 0.15) is 25.7 Å². The number of carbonyl (C=O) groups excluding carboxylic acids is 1.